The van der Waals surface area contributed by atoms with E-state index in [9.17, 15) is 9.59 Å². The minimum absolute atomic E-state index is 0.0348. The summed E-state index contributed by atoms with van der Waals surface area (Å²) in [7, 11) is 0. The van der Waals surface area contributed by atoms with Crippen molar-refractivity contribution >= 4 is 17.6 Å². The minimum Gasteiger partial charge on any atom is -0.341 e. The van der Waals surface area contributed by atoms with Crippen LogP contribution >= 0.6 is 0 Å². The molecule has 1 atom stereocenters. The minimum atomic E-state index is -0.458. The number of rotatable bonds is 5. The zero-order chi connectivity index (χ0) is 18.6. The van der Waals surface area contributed by atoms with Crippen LogP contribution in [0.5, 0.6) is 0 Å². The van der Waals surface area contributed by atoms with Crippen molar-refractivity contribution in [1.29, 1.82) is 0 Å². The lowest BCUT2D eigenvalue weighted by Gasteiger charge is -2.34. The highest BCUT2D eigenvalue weighted by molar-refractivity contribution is 5.93. The lowest BCUT2D eigenvalue weighted by molar-refractivity contribution is -0.134. The summed E-state index contributed by atoms with van der Waals surface area (Å²) in [5, 5.41) is 7.34. The molecule has 1 saturated heterocycles. The van der Waals surface area contributed by atoms with Crippen molar-refractivity contribution in [2.24, 2.45) is 11.1 Å². The Morgan fingerprint density at radius 1 is 1.36 bits per heavy atom. The molecule has 0 saturated carbocycles. The SMILES string of the molecule is CCC[C@H](N)C(=O)N1CCC(n2nccc2NC(=O)C(C)(C)C)CC1. The second kappa shape index (κ2) is 7.99. The first-order valence-electron chi connectivity index (χ1n) is 9.13. The van der Waals surface area contributed by atoms with Crippen LogP contribution in [0.15, 0.2) is 12.3 Å². The largest absolute Gasteiger partial charge is 0.341 e. The summed E-state index contributed by atoms with van der Waals surface area (Å²) in [5.74, 6) is 0.724. The number of nitrogens with zero attached hydrogens (tertiary/aromatic N) is 3. The lowest BCUT2D eigenvalue weighted by atomic mass is 9.96. The van der Waals surface area contributed by atoms with Crippen LogP contribution in [0.25, 0.3) is 0 Å². The number of nitrogens with one attached hydrogen (secondary N) is 1. The summed E-state index contributed by atoms with van der Waals surface area (Å²) in [5.41, 5.74) is 5.49. The van der Waals surface area contributed by atoms with Gasteiger partial charge in [0.25, 0.3) is 0 Å². The summed E-state index contributed by atoms with van der Waals surface area (Å²) < 4.78 is 1.87. The monoisotopic (exact) mass is 349 g/mol. The number of hydrogen-bond acceptors (Lipinski definition) is 4. The predicted octanol–water partition coefficient (Wildman–Crippen LogP) is 2.16. The topological polar surface area (TPSA) is 93.2 Å². The zero-order valence-corrected chi connectivity index (χ0v) is 15.8. The van der Waals surface area contributed by atoms with Crippen LogP contribution in [0.2, 0.25) is 0 Å². The van der Waals surface area contributed by atoms with Gasteiger partial charge in [0, 0.05) is 24.6 Å². The standard InChI is InChI=1S/C18H31N5O2/c1-5-6-14(19)16(24)22-11-8-13(9-12-22)23-15(7-10-20-23)21-17(25)18(2,3)4/h7,10,13-14H,5-6,8-9,11-12,19H2,1-4H3,(H,21,25)/t14-/m0/s1. The van der Waals surface area contributed by atoms with Crippen LogP contribution in [0.4, 0.5) is 5.82 Å². The summed E-state index contributed by atoms with van der Waals surface area (Å²) in [6.45, 7) is 9.03. The van der Waals surface area contributed by atoms with Crippen LogP contribution in [0.1, 0.15) is 59.4 Å². The molecule has 0 unspecified atom stereocenters. The summed E-state index contributed by atoms with van der Waals surface area (Å²) in [4.78, 5) is 26.4. The van der Waals surface area contributed by atoms with Gasteiger partial charge in [-0.1, -0.05) is 34.1 Å². The Balaban J connectivity index is 1.97. The fourth-order valence-corrected chi connectivity index (χ4v) is 3.01. The van der Waals surface area contributed by atoms with Crippen LogP contribution in [0.3, 0.4) is 0 Å². The maximum absolute atomic E-state index is 12.3. The molecule has 0 aliphatic carbocycles. The van der Waals surface area contributed by atoms with E-state index in [2.05, 4.69) is 10.4 Å². The van der Waals surface area contributed by atoms with Crippen LogP contribution in [0, 0.1) is 5.41 Å². The first kappa shape index (κ1) is 19.4. The second-order valence-corrected chi connectivity index (χ2v) is 7.82. The van der Waals surface area contributed by atoms with Crippen molar-refractivity contribution in [3.8, 4) is 0 Å². The molecule has 0 spiro atoms. The highest BCUT2D eigenvalue weighted by Gasteiger charge is 2.29. The third-order valence-electron chi connectivity index (χ3n) is 4.63. The van der Waals surface area contributed by atoms with E-state index in [1.54, 1.807) is 6.20 Å². The van der Waals surface area contributed by atoms with Gasteiger partial charge in [0.2, 0.25) is 11.8 Å². The molecule has 2 amide bonds. The number of hydrogen-bond donors (Lipinski definition) is 2. The maximum Gasteiger partial charge on any atom is 0.239 e. The van der Waals surface area contributed by atoms with Gasteiger partial charge in [0.15, 0.2) is 0 Å². The van der Waals surface area contributed by atoms with Gasteiger partial charge in [0.05, 0.1) is 18.3 Å². The molecule has 2 heterocycles. The Hall–Kier alpha value is -1.89. The zero-order valence-electron chi connectivity index (χ0n) is 15.8. The Morgan fingerprint density at radius 3 is 2.56 bits per heavy atom. The normalized spacial score (nSPS) is 17.4. The number of anilines is 1. The summed E-state index contributed by atoms with van der Waals surface area (Å²) >= 11 is 0. The molecule has 1 aliphatic heterocycles. The number of carbonyl (C=O) groups excluding carboxylic acids is 2. The van der Waals surface area contributed by atoms with E-state index in [-0.39, 0.29) is 17.9 Å². The third-order valence-corrected chi connectivity index (χ3v) is 4.63. The van der Waals surface area contributed by atoms with Crippen molar-refractivity contribution in [1.82, 2.24) is 14.7 Å². The van der Waals surface area contributed by atoms with Crippen molar-refractivity contribution < 1.29 is 9.59 Å². The third kappa shape index (κ3) is 4.81. The van der Waals surface area contributed by atoms with E-state index in [4.69, 9.17) is 5.73 Å². The number of carbonyl (C=O) groups is 2. The van der Waals surface area contributed by atoms with Gasteiger partial charge < -0.3 is 16.0 Å². The maximum atomic E-state index is 12.3. The van der Waals surface area contributed by atoms with Crippen molar-refractivity contribution in [3.63, 3.8) is 0 Å². The smallest absolute Gasteiger partial charge is 0.239 e. The molecule has 7 heteroatoms. The lowest BCUT2D eigenvalue weighted by Crippen LogP contribution is -2.47. The van der Waals surface area contributed by atoms with Gasteiger partial charge in [-0.2, -0.15) is 5.10 Å². The van der Waals surface area contributed by atoms with Gasteiger partial charge in [-0.05, 0) is 19.3 Å². The fourth-order valence-electron chi connectivity index (χ4n) is 3.01. The fraction of sp³-hybridized carbons (Fsp3) is 0.722. The molecular weight excluding hydrogens is 318 g/mol. The summed E-state index contributed by atoms with van der Waals surface area (Å²) in [6, 6.07) is 1.60. The van der Waals surface area contributed by atoms with Gasteiger partial charge in [-0.3, -0.25) is 9.59 Å². The number of amides is 2. The molecule has 1 aliphatic rings. The Bertz CT molecular complexity index is 597. The first-order chi connectivity index (χ1) is 11.7. The van der Waals surface area contributed by atoms with Gasteiger partial charge in [-0.15, -0.1) is 0 Å². The quantitative estimate of drug-likeness (QED) is 0.852. The van der Waals surface area contributed by atoms with E-state index in [0.717, 1.165) is 25.7 Å². The Labute approximate surface area is 149 Å². The summed E-state index contributed by atoms with van der Waals surface area (Å²) in [6.07, 6.45) is 4.96. The number of aromatic nitrogens is 2. The van der Waals surface area contributed by atoms with E-state index in [0.29, 0.717) is 18.9 Å². The van der Waals surface area contributed by atoms with Crippen LogP contribution in [-0.2, 0) is 9.59 Å². The van der Waals surface area contributed by atoms with E-state index in [1.165, 1.54) is 0 Å². The molecule has 25 heavy (non-hydrogen) atoms. The molecule has 1 aromatic rings. The van der Waals surface area contributed by atoms with Crippen molar-refractivity contribution in [3.05, 3.63) is 12.3 Å². The van der Waals surface area contributed by atoms with Crippen LogP contribution < -0.4 is 11.1 Å². The molecule has 3 N–H and O–H groups in total. The highest BCUT2D eigenvalue weighted by Crippen LogP contribution is 2.27. The van der Waals surface area contributed by atoms with E-state index in [1.807, 2.05) is 43.3 Å². The average Bonchev–Trinajstić information content (AvgIpc) is 3.01. The Kier molecular flexibility index (Phi) is 6.21. The second-order valence-electron chi connectivity index (χ2n) is 7.82. The molecule has 2 rings (SSSR count). The molecule has 1 aromatic heterocycles. The van der Waals surface area contributed by atoms with E-state index < -0.39 is 11.5 Å². The number of nitrogens with two attached hydrogens (primary N) is 1. The number of piperidine rings is 1. The predicted molar refractivity (Wildman–Crippen MR) is 98.0 cm³/mol. The van der Waals surface area contributed by atoms with Crippen LogP contribution in [-0.4, -0.2) is 45.6 Å². The molecule has 0 aromatic carbocycles. The number of likely N-dealkylation sites (tertiary alicyclic amines) is 1. The molecular formula is C18H31N5O2. The Morgan fingerprint density at radius 2 is 2.00 bits per heavy atom. The molecule has 7 nitrogen and oxygen atoms in total. The van der Waals surface area contributed by atoms with Gasteiger partial charge in [0.1, 0.15) is 5.82 Å². The van der Waals surface area contributed by atoms with E-state index >= 15 is 0 Å². The van der Waals surface area contributed by atoms with Crippen molar-refractivity contribution in [2.75, 3.05) is 18.4 Å². The molecule has 0 radical (unpaired) electrons. The average molecular weight is 349 g/mol. The van der Waals surface area contributed by atoms with Gasteiger partial charge >= 0.3 is 0 Å². The van der Waals surface area contributed by atoms with Crippen molar-refractivity contribution in [2.45, 2.75) is 65.5 Å². The van der Waals surface area contributed by atoms with Gasteiger partial charge in [-0.25, -0.2) is 4.68 Å². The molecule has 140 valence electrons. The highest BCUT2D eigenvalue weighted by atomic mass is 16.2. The molecule has 0 bridgehead atoms. The molecule has 1 fully saturated rings. The first-order valence-corrected chi connectivity index (χ1v) is 9.13.